The number of hydrogen-bond donors (Lipinski definition) is 2. The maximum Gasteiger partial charge on any atom is 0.164 e. The summed E-state index contributed by atoms with van der Waals surface area (Å²) in [6.45, 7) is 1.56. The number of halogens is 1. The third kappa shape index (κ3) is 3.08. The van der Waals surface area contributed by atoms with Crippen molar-refractivity contribution in [2.24, 2.45) is 0 Å². The zero-order valence-electron chi connectivity index (χ0n) is 8.80. The molecule has 1 aromatic carbocycles. The van der Waals surface area contributed by atoms with E-state index in [-0.39, 0.29) is 5.75 Å². The van der Waals surface area contributed by atoms with E-state index in [0.29, 0.717) is 11.3 Å². The molecule has 0 spiro atoms. The second-order valence-electron chi connectivity index (χ2n) is 3.42. The van der Waals surface area contributed by atoms with Crippen molar-refractivity contribution in [3.05, 3.63) is 29.8 Å². The number of anilines is 1. The van der Waals surface area contributed by atoms with E-state index in [0.717, 1.165) is 0 Å². The maximum absolute atomic E-state index is 11.6. The van der Waals surface area contributed by atoms with Gasteiger partial charge in [0, 0.05) is 11.4 Å². The Hall–Kier alpha value is -0.340. The van der Waals surface area contributed by atoms with Crippen molar-refractivity contribution in [1.82, 2.24) is 0 Å². The topological polar surface area (TPSA) is 80.4 Å². The van der Waals surface area contributed by atoms with Gasteiger partial charge in [-0.3, -0.25) is 0 Å². The van der Waals surface area contributed by atoms with Gasteiger partial charge in [-0.25, -0.2) is 8.42 Å². The van der Waals surface area contributed by atoms with Gasteiger partial charge in [0.1, 0.15) is 9.36 Å². The predicted molar refractivity (Wildman–Crippen MR) is 73.1 cm³/mol. The van der Waals surface area contributed by atoms with E-state index in [9.17, 15) is 13.5 Å². The van der Waals surface area contributed by atoms with Gasteiger partial charge in [0.2, 0.25) is 0 Å². The zero-order valence-corrected chi connectivity index (χ0v) is 11.8. The summed E-state index contributed by atoms with van der Waals surface area (Å²) < 4.78 is 22.4. The van der Waals surface area contributed by atoms with Crippen LogP contribution >= 0.6 is 22.6 Å². The molecule has 3 N–H and O–H groups in total. The summed E-state index contributed by atoms with van der Waals surface area (Å²) in [5.74, 6) is 0.0139. The molecule has 1 aromatic rings. The molecule has 0 heterocycles. The number of alkyl halides is 1. The van der Waals surface area contributed by atoms with Crippen LogP contribution in [0.25, 0.3) is 0 Å². The Morgan fingerprint density at radius 3 is 2.62 bits per heavy atom. The fraction of sp³-hybridized carbons (Fsp3) is 0.400. The van der Waals surface area contributed by atoms with Crippen LogP contribution in [0.4, 0.5) is 5.69 Å². The van der Waals surface area contributed by atoms with E-state index in [1.807, 2.05) is 0 Å². The summed E-state index contributed by atoms with van der Waals surface area (Å²) in [4.78, 5) is 0. The number of aliphatic hydroxyl groups excluding tert-OH is 1. The Morgan fingerprint density at radius 1 is 1.50 bits per heavy atom. The van der Waals surface area contributed by atoms with Gasteiger partial charge in [0.05, 0.1) is 0 Å². The van der Waals surface area contributed by atoms with E-state index in [1.54, 1.807) is 53.8 Å². The van der Waals surface area contributed by atoms with Crippen molar-refractivity contribution in [2.45, 2.75) is 16.3 Å². The molecule has 0 aliphatic carbocycles. The first-order valence-electron chi connectivity index (χ1n) is 4.77. The Labute approximate surface area is 109 Å². The quantitative estimate of drug-likeness (QED) is 0.487. The van der Waals surface area contributed by atoms with Crippen LogP contribution in [-0.4, -0.2) is 22.5 Å². The van der Waals surface area contributed by atoms with E-state index in [4.69, 9.17) is 5.73 Å². The number of sulfone groups is 1. The first-order valence-corrected chi connectivity index (χ1v) is 7.73. The lowest BCUT2D eigenvalue weighted by Crippen LogP contribution is -2.24. The fourth-order valence-corrected chi connectivity index (χ4v) is 3.61. The van der Waals surface area contributed by atoms with Crippen LogP contribution < -0.4 is 5.73 Å². The summed E-state index contributed by atoms with van der Waals surface area (Å²) in [6, 6.07) is 6.63. The highest BCUT2D eigenvalue weighted by molar-refractivity contribution is 14.1. The Kier molecular flexibility index (Phi) is 4.57. The van der Waals surface area contributed by atoms with Crippen LogP contribution in [0.2, 0.25) is 0 Å². The highest BCUT2D eigenvalue weighted by atomic mass is 127. The van der Waals surface area contributed by atoms with Gasteiger partial charge in [-0.1, -0.05) is 41.6 Å². The highest BCUT2D eigenvalue weighted by Crippen LogP contribution is 2.28. The Balaban J connectivity index is 2.99. The van der Waals surface area contributed by atoms with E-state index in [2.05, 4.69) is 0 Å². The van der Waals surface area contributed by atoms with Gasteiger partial charge in [-0.15, -0.1) is 0 Å². The summed E-state index contributed by atoms with van der Waals surface area (Å²) in [5, 5.41) is 9.94. The molecule has 0 saturated heterocycles. The largest absolute Gasteiger partial charge is 0.399 e. The number of aliphatic hydroxyl groups is 1. The van der Waals surface area contributed by atoms with Crippen molar-refractivity contribution in [1.29, 1.82) is 0 Å². The standard InChI is InChI=1S/C10H14INO3S/c1-2-16(14,15)10(11)9(13)7-4-3-5-8(12)6-7/h3-6,9-10,13H,2,12H2,1H3/t9-,10-/m0/s1. The molecule has 0 aromatic heterocycles. The summed E-state index contributed by atoms with van der Waals surface area (Å²) >= 11 is 1.75. The molecule has 16 heavy (non-hydrogen) atoms. The van der Waals surface area contributed by atoms with Crippen molar-refractivity contribution < 1.29 is 13.5 Å². The molecule has 0 radical (unpaired) electrons. The molecule has 4 nitrogen and oxygen atoms in total. The van der Waals surface area contributed by atoms with Gasteiger partial charge in [-0.2, -0.15) is 0 Å². The monoisotopic (exact) mass is 355 g/mol. The molecule has 6 heteroatoms. The molecule has 0 amide bonds. The van der Waals surface area contributed by atoms with Gasteiger partial charge in [0.25, 0.3) is 0 Å². The predicted octanol–water partition coefficient (Wildman–Crippen LogP) is 1.50. The van der Waals surface area contributed by atoms with Crippen molar-refractivity contribution in [3.8, 4) is 0 Å². The molecule has 0 aliphatic heterocycles. The lowest BCUT2D eigenvalue weighted by atomic mass is 10.1. The Morgan fingerprint density at radius 2 is 2.12 bits per heavy atom. The van der Waals surface area contributed by atoms with Gasteiger partial charge < -0.3 is 10.8 Å². The second-order valence-corrected chi connectivity index (χ2v) is 8.02. The summed E-state index contributed by atoms with van der Waals surface area (Å²) in [7, 11) is -3.26. The molecule has 0 bridgehead atoms. The minimum atomic E-state index is -3.26. The van der Waals surface area contributed by atoms with Crippen molar-refractivity contribution in [3.63, 3.8) is 0 Å². The van der Waals surface area contributed by atoms with E-state index in [1.165, 1.54) is 0 Å². The second kappa shape index (κ2) is 5.33. The molecular weight excluding hydrogens is 341 g/mol. The molecule has 2 atom stereocenters. The van der Waals surface area contributed by atoms with E-state index < -0.39 is 19.2 Å². The maximum atomic E-state index is 11.6. The minimum absolute atomic E-state index is 0.0139. The molecule has 0 fully saturated rings. The number of benzene rings is 1. The smallest absolute Gasteiger partial charge is 0.164 e. The SMILES string of the molecule is CCS(=O)(=O)[C@H](I)[C@@H](O)c1cccc(N)c1. The van der Waals surface area contributed by atoms with Crippen LogP contribution in [0.3, 0.4) is 0 Å². The number of nitrogens with two attached hydrogens (primary N) is 1. The average Bonchev–Trinajstić information content (AvgIpc) is 2.27. The first-order chi connectivity index (χ1) is 7.38. The van der Waals surface area contributed by atoms with Crippen LogP contribution in [0, 0.1) is 0 Å². The average molecular weight is 355 g/mol. The highest BCUT2D eigenvalue weighted by Gasteiger charge is 2.29. The lowest BCUT2D eigenvalue weighted by Gasteiger charge is -2.17. The van der Waals surface area contributed by atoms with Crippen LogP contribution in [0.15, 0.2) is 24.3 Å². The molecule has 0 unspecified atom stereocenters. The number of rotatable bonds is 4. The third-order valence-corrected chi connectivity index (χ3v) is 7.00. The molecule has 0 aliphatic rings. The zero-order chi connectivity index (χ0) is 12.3. The van der Waals surface area contributed by atoms with E-state index >= 15 is 0 Å². The summed E-state index contributed by atoms with van der Waals surface area (Å²) in [5.41, 5.74) is 6.61. The number of hydrogen-bond acceptors (Lipinski definition) is 4. The third-order valence-electron chi connectivity index (χ3n) is 2.25. The lowest BCUT2D eigenvalue weighted by molar-refractivity contribution is 0.197. The van der Waals surface area contributed by atoms with Crippen LogP contribution in [0.5, 0.6) is 0 Å². The summed E-state index contributed by atoms with van der Waals surface area (Å²) in [6.07, 6.45) is -1.05. The van der Waals surface area contributed by atoms with Crippen molar-refractivity contribution >= 4 is 38.1 Å². The molecule has 90 valence electrons. The minimum Gasteiger partial charge on any atom is -0.399 e. The normalized spacial score (nSPS) is 15.7. The molecule has 1 rings (SSSR count). The van der Waals surface area contributed by atoms with Crippen LogP contribution in [0.1, 0.15) is 18.6 Å². The van der Waals surface area contributed by atoms with Crippen molar-refractivity contribution in [2.75, 3.05) is 11.5 Å². The fourth-order valence-electron chi connectivity index (χ4n) is 1.25. The molecular formula is C10H14INO3S. The van der Waals surface area contributed by atoms with Gasteiger partial charge in [0.15, 0.2) is 9.84 Å². The molecule has 0 saturated carbocycles. The van der Waals surface area contributed by atoms with Gasteiger partial charge in [-0.05, 0) is 17.7 Å². The van der Waals surface area contributed by atoms with Crippen LogP contribution in [-0.2, 0) is 9.84 Å². The number of nitrogen functional groups attached to an aromatic ring is 1. The van der Waals surface area contributed by atoms with Gasteiger partial charge >= 0.3 is 0 Å². The first kappa shape index (κ1) is 13.7. The Bertz CT molecular complexity index is 461.